The number of ether oxygens (including phenoxy) is 1. The van der Waals surface area contributed by atoms with Crippen LogP contribution in [0.25, 0.3) is 0 Å². The van der Waals surface area contributed by atoms with E-state index in [1.807, 2.05) is 0 Å². The Morgan fingerprint density at radius 1 is 1.20 bits per heavy atom. The number of halogens is 1. The van der Waals surface area contributed by atoms with Crippen LogP contribution < -0.4 is 10.6 Å². The van der Waals surface area contributed by atoms with Crippen LogP contribution in [0.1, 0.15) is 10.5 Å². The summed E-state index contributed by atoms with van der Waals surface area (Å²) < 4.78 is 18.9. The van der Waals surface area contributed by atoms with Crippen LogP contribution in [0.3, 0.4) is 0 Å². The molecule has 1 fully saturated rings. The van der Waals surface area contributed by atoms with Crippen molar-refractivity contribution in [2.75, 3.05) is 50.0 Å². The van der Waals surface area contributed by atoms with E-state index < -0.39 is 11.7 Å². The third-order valence-electron chi connectivity index (χ3n) is 3.98. The van der Waals surface area contributed by atoms with Gasteiger partial charge in [0, 0.05) is 26.2 Å². The molecule has 1 aliphatic heterocycles. The van der Waals surface area contributed by atoms with Crippen LogP contribution in [0.5, 0.6) is 0 Å². The second-order valence-electron chi connectivity index (χ2n) is 5.75. The van der Waals surface area contributed by atoms with E-state index in [1.165, 1.54) is 12.1 Å². The minimum absolute atomic E-state index is 0.141. The van der Waals surface area contributed by atoms with Crippen LogP contribution in [0.15, 0.2) is 42.6 Å². The lowest BCUT2D eigenvalue weighted by atomic mass is 10.2. The quantitative estimate of drug-likeness (QED) is 0.841. The fraction of sp³-hybridized carbons (Fsp3) is 0.333. The first-order chi connectivity index (χ1) is 12.2. The first-order valence-corrected chi connectivity index (χ1v) is 8.28. The lowest BCUT2D eigenvalue weighted by Gasteiger charge is -2.26. The summed E-state index contributed by atoms with van der Waals surface area (Å²) >= 11 is 0. The summed E-state index contributed by atoms with van der Waals surface area (Å²) in [4.78, 5) is 18.6. The average Bonchev–Trinajstić information content (AvgIpc) is 2.65. The molecule has 6 nitrogen and oxygen atoms in total. The number of nitrogens with zero attached hydrogens (tertiary/aromatic N) is 2. The van der Waals surface area contributed by atoms with Crippen LogP contribution in [0.2, 0.25) is 0 Å². The maximum absolute atomic E-state index is 13.6. The van der Waals surface area contributed by atoms with E-state index in [4.69, 9.17) is 4.74 Å². The van der Waals surface area contributed by atoms with Gasteiger partial charge in [-0.05, 0) is 24.3 Å². The highest BCUT2D eigenvalue weighted by Gasteiger charge is 2.11. The Morgan fingerprint density at radius 2 is 2.00 bits per heavy atom. The molecule has 7 heteroatoms. The lowest BCUT2D eigenvalue weighted by molar-refractivity contribution is 0.0398. The summed E-state index contributed by atoms with van der Waals surface area (Å²) in [5.74, 6) is -0.915. The van der Waals surface area contributed by atoms with Gasteiger partial charge in [-0.1, -0.05) is 12.1 Å². The Hall–Kier alpha value is -2.51. The number of pyridine rings is 1. The van der Waals surface area contributed by atoms with E-state index in [1.54, 1.807) is 30.5 Å². The van der Waals surface area contributed by atoms with Crippen molar-refractivity contribution in [1.82, 2.24) is 9.88 Å². The highest BCUT2D eigenvalue weighted by atomic mass is 19.1. The van der Waals surface area contributed by atoms with Crippen LogP contribution >= 0.6 is 0 Å². The summed E-state index contributed by atoms with van der Waals surface area (Å²) in [6.45, 7) is 5.20. The van der Waals surface area contributed by atoms with Gasteiger partial charge < -0.3 is 15.4 Å². The predicted octanol–water partition coefficient (Wildman–Crippen LogP) is 2.22. The van der Waals surface area contributed by atoms with E-state index in [0.29, 0.717) is 0 Å². The Bertz CT molecular complexity index is 702. The fourth-order valence-corrected chi connectivity index (χ4v) is 2.56. The van der Waals surface area contributed by atoms with Gasteiger partial charge in [-0.15, -0.1) is 0 Å². The van der Waals surface area contributed by atoms with Crippen molar-refractivity contribution >= 4 is 17.3 Å². The van der Waals surface area contributed by atoms with E-state index in [2.05, 4.69) is 20.5 Å². The number of hydrogen-bond donors (Lipinski definition) is 2. The molecule has 1 aromatic carbocycles. The zero-order chi connectivity index (χ0) is 17.5. The number of anilines is 2. The third kappa shape index (κ3) is 4.98. The summed E-state index contributed by atoms with van der Waals surface area (Å²) in [5, 5.41) is 5.80. The number of morpholine rings is 1. The SMILES string of the molecule is O=C(Nc1ccccc1F)c1ccc(NCCN2CCOCC2)cn1. The Labute approximate surface area is 146 Å². The largest absolute Gasteiger partial charge is 0.383 e. The van der Waals surface area contributed by atoms with Crippen molar-refractivity contribution in [3.8, 4) is 0 Å². The molecule has 1 aromatic heterocycles. The molecule has 0 unspecified atom stereocenters. The van der Waals surface area contributed by atoms with Gasteiger partial charge in [0.05, 0.1) is 30.8 Å². The maximum atomic E-state index is 13.6. The zero-order valence-electron chi connectivity index (χ0n) is 13.9. The number of carbonyl (C=O) groups is 1. The minimum atomic E-state index is -0.475. The number of benzene rings is 1. The van der Waals surface area contributed by atoms with Gasteiger partial charge in [0.1, 0.15) is 11.5 Å². The first-order valence-electron chi connectivity index (χ1n) is 8.28. The standard InChI is InChI=1S/C18H21FN4O2/c19-15-3-1-2-4-16(15)22-18(24)17-6-5-14(13-21-17)20-7-8-23-9-11-25-12-10-23/h1-6,13,20H,7-12H2,(H,22,24). The molecular weight excluding hydrogens is 323 g/mol. The highest BCUT2D eigenvalue weighted by Crippen LogP contribution is 2.14. The molecule has 0 bridgehead atoms. The van der Waals surface area contributed by atoms with Gasteiger partial charge in [0.25, 0.3) is 5.91 Å². The molecule has 0 spiro atoms. The van der Waals surface area contributed by atoms with E-state index >= 15 is 0 Å². The van der Waals surface area contributed by atoms with Gasteiger partial charge in [-0.25, -0.2) is 9.37 Å². The summed E-state index contributed by atoms with van der Waals surface area (Å²) in [7, 11) is 0. The highest BCUT2D eigenvalue weighted by molar-refractivity contribution is 6.03. The molecule has 1 saturated heterocycles. The van der Waals surface area contributed by atoms with Crippen molar-refractivity contribution in [2.45, 2.75) is 0 Å². The van der Waals surface area contributed by atoms with Crippen LogP contribution in [-0.2, 0) is 4.74 Å². The third-order valence-corrected chi connectivity index (χ3v) is 3.98. The predicted molar refractivity (Wildman–Crippen MR) is 94.3 cm³/mol. The van der Waals surface area contributed by atoms with Crippen molar-refractivity contribution in [1.29, 1.82) is 0 Å². The molecule has 0 saturated carbocycles. The van der Waals surface area contributed by atoms with Crippen LogP contribution in [0.4, 0.5) is 15.8 Å². The summed E-state index contributed by atoms with van der Waals surface area (Å²) in [6, 6.07) is 9.45. The van der Waals surface area contributed by atoms with E-state index in [-0.39, 0.29) is 11.4 Å². The Balaban J connectivity index is 1.49. The van der Waals surface area contributed by atoms with Gasteiger partial charge in [-0.3, -0.25) is 9.69 Å². The molecule has 3 rings (SSSR count). The number of para-hydroxylation sites is 1. The fourth-order valence-electron chi connectivity index (χ4n) is 2.56. The molecular formula is C18H21FN4O2. The molecule has 2 N–H and O–H groups in total. The molecule has 0 aliphatic carbocycles. The van der Waals surface area contributed by atoms with Crippen molar-refractivity contribution in [3.05, 3.63) is 54.1 Å². The lowest BCUT2D eigenvalue weighted by Crippen LogP contribution is -2.39. The molecule has 1 aliphatic rings. The number of aromatic nitrogens is 1. The smallest absolute Gasteiger partial charge is 0.274 e. The van der Waals surface area contributed by atoms with E-state index in [9.17, 15) is 9.18 Å². The van der Waals surface area contributed by atoms with Crippen molar-refractivity contribution < 1.29 is 13.9 Å². The molecule has 2 heterocycles. The second kappa shape index (κ2) is 8.55. The number of rotatable bonds is 6. The van der Waals surface area contributed by atoms with E-state index in [0.717, 1.165) is 45.1 Å². The van der Waals surface area contributed by atoms with Crippen LogP contribution in [0, 0.1) is 5.82 Å². The molecule has 1 amide bonds. The molecule has 0 radical (unpaired) electrons. The van der Waals surface area contributed by atoms with Crippen molar-refractivity contribution in [2.24, 2.45) is 0 Å². The number of nitrogens with one attached hydrogen (secondary N) is 2. The first kappa shape index (κ1) is 17.3. The maximum Gasteiger partial charge on any atom is 0.274 e. The normalized spacial score (nSPS) is 14.9. The Morgan fingerprint density at radius 3 is 2.72 bits per heavy atom. The zero-order valence-corrected chi connectivity index (χ0v) is 13.9. The van der Waals surface area contributed by atoms with Gasteiger partial charge in [0.15, 0.2) is 0 Å². The molecule has 0 atom stereocenters. The second-order valence-corrected chi connectivity index (χ2v) is 5.75. The molecule has 25 heavy (non-hydrogen) atoms. The molecule has 132 valence electrons. The van der Waals surface area contributed by atoms with Crippen LogP contribution in [-0.4, -0.2) is 55.2 Å². The minimum Gasteiger partial charge on any atom is -0.383 e. The average molecular weight is 344 g/mol. The van der Waals surface area contributed by atoms with Gasteiger partial charge in [0.2, 0.25) is 0 Å². The van der Waals surface area contributed by atoms with Gasteiger partial charge in [-0.2, -0.15) is 0 Å². The number of amides is 1. The number of hydrogen-bond acceptors (Lipinski definition) is 5. The summed E-state index contributed by atoms with van der Waals surface area (Å²) in [5.41, 5.74) is 1.22. The Kier molecular flexibility index (Phi) is 5.92. The summed E-state index contributed by atoms with van der Waals surface area (Å²) in [6.07, 6.45) is 1.61. The number of carbonyl (C=O) groups excluding carboxylic acids is 1. The molecule has 2 aromatic rings. The van der Waals surface area contributed by atoms with Gasteiger partial charge >= 0.3 is 0 Å². The topological polar surface area (TPSA) is 66.5 Å². The monoisotopic (exact) mass is 344 g/mol. The van der Waals surface area contributed by atoms with Crippen molar-refractivity contribution in [3.63, 3.8) is 0 Å².